The number of aliphatic hydroxyl groups excluding tert-OH is 1. The molecule has 3 nitrogen and oxygen atoms in total. The molecule has 102 valence electrons. The van der Waals surface area contributed by atoms with Crippen LogP contribution >= 0.6 is 0 Å². The largest absolute Gasteiger partial charge is 0.491 e. The van der Waals surface area contributed by atoms with Crippen molar-refractivity contribution in [3.8, 4) is 5.75 Å². The summed E-state index contributed by atoms with van der Waals surface area (Å²) >= 11 is 0. The SMILES string of the molecule is CC[C@H](O)c1ccc(OCC(C)(O)C(C)C)cc1. The fourth-order valence-electron chi connectivity index (χ4n) is 1.42. The summed E-state index contributed by atoms with van der Waals surface area (Å²) < 4.78 is 5.57. The van der Waals surface area contributed by atoms with Crippen LogP contribution in [-0.2, 0) is 0 Å². The highest BCUT2D eigenvalue weighted by Gasteiger charge is 2.25. The second kappa shape index (κ2) is 6.21. The second-order valence-electron chi connectivity index (χ2n) is 5.29. The van der Waals surface area contributed by atoms with Crippen molar-refractivity contribution < 1.29 is 14.9 Å². The minimum atomic E-state index is -0.832. The van der Waals surface area contributed by atoms with E-state index in [2.05, 4.69) is 0 Å². The third kappa shape index (κ3) is 4.00. The number of benzene rings is 1. The van der Waals surface area contributed by atoms with E-state index in [-0.39, 0.29) is 12.5 Å². The van der Waals surface area contributed by atoms with Crippen LogP contribution in [0.5, 0.6) is 5.75 Å². The molecule has 2 N–H and O–H groups in total. The van der Waals surface area contributed by atoms with Crippen LogP contribution in [0.3, 0.4) is 0 Å². The number of hydrogen-bond acceptors (Lipinski definition) is 3. The smallest absolute Gasteiger partial charge is 0.119 e. The molecule has 0 aromatic heterocycles. The highest BCUT2D eigenvalue weighted by atomic mass is 16.5. The summed E-state index contributed by atoms with van der Waals surface area (Å²) in [4.78, 5) is 0. The Morgan fingerprint density at radius 3 is 2.22 bits per heavy atom. The van der Waals surface area contributed by atoms with Crippen molar-refractivity contribution in [1.82, 2.24) is 0 Å². The summed E-state index contributed by atoms with van der Waals surface area (Å²) in [6, 6.07) is 7.36. The monoisotopic (exact) mass is 252 g/mol. The van der Waals surface area contributed by atoms with Gasteiger partial charge in [-0.25, -0.2) is 0 Å². The maximum absolute atomic E-state index is 10.1. The van der Waals surface area contributed by atoms with Crippen LogP contribution in [0.15, 0.2) is 24.3 Å². The van der Waals surface area contributed by atoms with E-state index < -0.39 is 11.7 Å². The summed E-state index contributed by atoms with van der Waals surface area (Å²) in [6.07, 6.45) is 0.278. The third-order valence-corrected chi connectivity index (χ3v) is 3.43. The van der Waals surface area contributed by atoms with Gasteiger partial charge >= 0.3 is 0 Å². The van der Waals surface area contributed by atoms with Crippen LogP contribution in [0.1, 0.15) is 45.8 Å². The maximum atomic E-state index is 10.1. The van der Waals surface area contributed by atoms with Crippen LogP contribution in [0.4, 0.5) is 0 Å². The Labute approximate surface area is 109 Å². The zero-order chi connectivity index (χ0) is 13.8. The van der Waals surface area contributed by atoms with Crippen molar-refractivity contribution in [3.05, 3.63) is 29.8 Å². The molecule has 0 saturated heterocycles. The molecule has 1 rings (SSSR count). The van der Waals surface area contributed by atoms with E-state index in [1.54, 1.807) is 6.92 Å². The van der Waals surface area contributed by atoms with E-state index in [1.165, 1.54) is 0 Å². The Bertz CT molecular complexity index is 355. The van der Waals surface area contributed by atoms with Gasteiger partial charge in [-0.15, -0.1) is 0 Å². The molecule has 2 atom stereocenters. The van der Waals surface area contributed by atoms with E-state index in [9.17, 15) is 10.2 Å². The zero-order valence-electron chi connectivity index (χ0n) is 11.7. The first-order chi connectivity index (χ1) is 8.36. The molecule has 0 aliphatic carbocycles. The summed E-state index contributed by atoms with van der Waals surface area (Å²) in [6.45, 7) is 7.90. The van der Waals surface area contributed by atoms with Crippen LogP contribution < -0.4 is 4.74 Å². The molecule has 0 bridgehead atoms. The molecule has 0 aliphatic heterocycles. The minimum Gasteiger partial charge on any atom is -0.491 e. The normalized spacial score (nSPS) is 16.4. The van der Waals surface area contributed by atoms with Crippen LogP contribution in [0.25, 0.3) is 0 Å². The first-order valence-corrected chi connectivity index (χ1v) is 6.50. The Kier molecular flexibility index (Phi) is 5.17. The molecule has 1 unspecified atom stereocenters. The van der Waals surface area contributed by atoms with E-state index in [0.717, 1.165) is 5.56 Å². The molecule has 0 radical (unpaired) electrons. The van der Waals surface area contributed by atoms with Gasteiger partial charge in [-0.05, 0) is 37.0 Å². The van der Waals surface area contributed by atoms with Gasteiger partial charge in [-0.3, -0.25) is 0 Å². The maximum Gasteiger partial charge on any atom is 0.119 e. The van der Waals surface area contributed by atoms with E-state index in [4.69, 9.17) is 4.74 Å². The second-order valence-corrected chi connectivity index (χ2v) is 5.29. The van der Waals surface area contributed by atoms with Gasteiger partial charge in [-0.1, -0.05) is 32.9 Å². The molecule has 0 heterocycles. The molecule has 1 aromatic rings. The number of rotatable bonds is 6. The van der Waals surface area contributed by atoms with Crippen LogP contribution in [-0.4, -0.2) is 22.4 Å². The van der Waals surface area contributed by atoms with Gasteiger partial charge in [0, 0.05) is 0 Å². The lowest BCUT2D eigenvalue weighted by Gasteiger charge is -2.27. The minimum absolute atomic E-state index is 0.138. The molecule has 3 heteroatoms. The van der Waals surface area contributed by atoms with E-state index in [1.807, 2.05) is 45.0 Å². The van der Waals surface area contributed by atoms with Gasteiger partial charge in [0.1, 0.15) is 12.4 Å². The van der Waals surface area contributed by atoms with E-state index in [0.29, 0.717) is 12.2 Å². The third-order valence-electron chi connectivity index (χ3n) is 3.43. The van der Waals surface area contributed by atoms with Crippen molar-refractivity contribution in [1.29, 1.82) is 0 Å². The topological polar surface area (TPSA) is 49.7 Å². The zero-order valence-corrected chi connectivity index (χ0v) is 11.7. The fourth-order valence-corrected chi connectivity index (χ4v) is 1.42. The average molecular weight is 252 g/mol. The van der Waals surface area contributed by atoms with Crippen LogP contribution in [0.2, 0.25) is 0 Å². The quantitative estimate of drug-likeness (QED) is 0.818. The first kappa shape index (κ1) is 15.0. The lowest BCUT2D eigenvalue weighted by Crippen LogP contribution is -2.37. The Morgan fingerprint density at radius 2 is 1.78 bits per heavy atom. The fraction of sp³-hybridized carbons (Fsp3) is 0.600. The van der Waals surface area contributed by atoms with Crippen molar-refractivity contribution >= 4 is 0 Å². The average Bonchev–Trinajstić information content (AvgIpc) is 2.36. The van der Waals surface area contributed by atoms with E-state index >= 15 is 0 Å². The van der Waals surface area contributed by atoms with Gasteiger partial charge in [-0.2, -0.15) is 0 Å². The molecular weight excluding hydrogens is 228 g/mol. The van der Waals surface area contributed by atoms with Crippen molar-refractivity contribution in [2.45, 2.75) is 45.8 Å². The molecule has 0 fully saturated rings. The Hall–Kier alpha value is -1.06. The first-order valence-electron chi connectivity index (χ1n) is 6.50. The summed E-state index contributed by atoms with van der Waals surface area (Å²) in [7, 11) is 0. The van der Waals surface area contributed by atoms with Gasteiger partial charge < -0.3 is 14.9 Å². The molecule has 18 heavy (non-hydrogen) atoms. The molecule has 0 saturated carbocycles. The van der Waals surface area contributed by atoms with Gasteiger partial charge in [0.25, 0.3) is 0 Å². The summed E-state index contributed by atoms with van der Waals surface area (Å²) in [5.41, 5.74) is 0.0576. The molecule has 0 aliphatic rings. The standard InChI is InChI=1S/C15H24O3/c1-5-14(16)12-6-8-13(9-7-12)18-10-15(4,17)11(2)3/h6-9,11,14,16-17H,5,10H2,1-4H3/t14-,15?/m0/s1. The Balaban J connectivity index is 2.59. The number of aliphatic hydroxyl groups is 2. The van der Waals surface area contributed by atoms with Gasteiger partial charge in [0.15, 0.2) is 0 Å². The highest BCUT2D eigenvalue weighted by Crippen LogP contribution is 2.22. The van der Waals surface area contributed by atoms with Crippen molar-refractivity contribution in [2.24, 2.45) is 5.92 Å². The number of ether oxygens (including phenoxy) is 1. The lowest BCUT2D eigenvalue weighted by atomic mass is 9.94. The van der Waals surface area contributed by atoms with Crippen molar-refractivity contribution in [2.75, 3.05) is 6.61 Å². The van der Waals surface area contributed by atoms with Gasteiger partial charge in [0.2, 0.25) is 0 Å². The Morgan fingerprint density at radius 1 is 1.22 bits per heavy atom. The predicted octanol–water partition coefficient (Wildman–Crippen LogP) is 2.92. The lowest BCUT2D eigenvalue weighted by molar-refractivity contribution is -0.0266. The summed E-state index contributed by atoms with van der Waals surface area (Å²) in [5, 5.41) is 19.7. The van der Waals surface area contributed by atoms with Gasteiger partial charge in [0.05, 0.1) is 11.7 Å². The van der Waals surface area contributed by atoms with Crippen LogP contribution in [0, 0.1) is 5.92 Å². The molecular formula is C15H24O3. The highest BCUT2D eigenvalue weighted by molar-refractivity contribution is 5.28. The molecule has 0 spiro atoms. The molecule has 1 aromatic carbocycles. The summed E-state index contributed by atoms with van der Waals surface area (Å²) in [5.74, 6) is 0.849. The number of hydrogen-bond donors (Lipinski definition) is 2. The van der Waals surface area contributed by atoms with Crippen molar-refractivity contribution in [3.63, 3.8) is 0 Å². The predicted molar refractivity (Wildman–Crippen MR) is 72.6 cm³/mol. The molecule has 0 amide bonds.